The monoisotopic (exact) mass is 315 g/mol. The highest BCUT2D eigenvalue weighted by molar-refractivity contribution is 7.89. The molecule has 0 aliphatic heterocycles. The Hall–Kier alpha value is -2.05. The van der Waals surface area contributed by atoms with Gasteiger partial charge in [-0.1, -0.05) is 0 Å². The second kappa shape index (κ2) is 6.60. The van der Waals surface area contributed by atoms with Gasteiger partial charge in [-0.25, -0.2) is 12.8 Å². The van der Waals surface area contributed by atoms with Crippen molar-refractivity contribution < 1.29 is 17.7 Å². The minimum atomic E-state index is -4.19. The molecule has 114 valence electrons. The molecule has 21 heavy (non-hydrogen) atoms. The van der Waals surface area contributed by atoms with Gasteiger partial charge in [0.1, 0.15) is 5.82 Å². The first-order chi connectivity index (χ1) is 9.71. The lowest BCUT2D eigenvalue weighted by molar-refractivity contribution is -0.388. The Morgan fingerprint density at radius 1 is 1.48 bits per heavy atom. The van der Waals surface area contributed by atoms with Gasteiger partial charge in [-0.05, 0) is 26.0 Å². The first kappa shape index (κ1) is 17.0. The van der Waals surface area contributed by atoms with Gasteiger partial charge in [-0.3, -0.25) is 10.1 Å². The summed E-state index contributed by atoms with van der Waals surface area (Å²) in [5, 5.41) is 19.5. The molecule has 0 aliphatic carbocycles. The number of halogens is 1. The van der Waals surface area contributed by atoms with Crippen LogP contribution in [0.4, 0.5) is 10.1 Å². The van der Waals surface area contributed by atoms with Crippen molar-refractivity contribution in [1.29, 1.82) is 5.26 Å². The van der Waals surface area contributed by atoms with Crippen LogP contribution in [0.15, 0.2) is 23.1 Å². The number of nitriles is 1. The fourth-order valence-electron chi connectivity index (χ4n) is 1.79. The number of nitrogens with zero attached hydrogens (tertiary/aromatic N) is 3. The highest BCUT2D eigenvalue weighted by atomic mass is 32.2. The van der Waals surface area contributed by atoms with E-state index in [1.165, 1.54) is 0 Å². The summed E-state index contributed by atoms with van der Waals surface area (Å²) in [5.74, 6) is -0.895. The summed E-state index contributed by atoms with van der Waals surface area (Å²) >= 11 is 0. The van der Waals surface area contributed by atoms with Crippen molar-refractivity contribution in [3.63, 3.8) is 0 Å². The summed E-state index contributed by atoms with van der Waals surface area (Å²) in [5.41, 5.74) is -0.822. The summed E-state index contributed by atoms with van der Waals surface area (Å²) in [6.45, 7) is 3.08. The third-order valence-corrected chi connectivity index (χ3v) is 4.85. The van der Waals surface area contributed by atoms with Crippen molar-refractivity contribution in [2.24, 2.45) is 0 Å². The van der Waals surface area contributed by atoms with Gasteiger partial charge < -0.3 is 0 Å². The molecule has 0 spiro atoms. The lowest BCUT2D eigenvalue weighted by atomic mass is 10.3. The molecule has 0 saturated heterocycles. The van der Waals surface area contributed by atoms with E-state index in [4.69, 9.17) is 5.26 Å². The second-order valence-corrected chi connectivity index (χ2v) is 6.35. The van der Waals surface area contributed by atoms with Crippen LogP contribution in [0, 0.1) is 27.3 Å². The molecule has 1 aromatic rings. The average Bonchev–Trinajstić information content (AvgIpc) is 2.37. The maximum Gasteiger partial charge on any atom is 0.292 e. The van der Waals surface area contributed by atoms with Crippen LogP contribution >= 0.6 is 0 Å². The predicted octanol–water partition coefficient (Wildman–Crippen LogP) is 2.05. The number of hydrogen-bond acceptors (Lipinski definition) is 5. The molecule has 0 radical (unpaired) electrons. The Morgan fingerprint density at radius 3 is 2.57 bits per heavy atom. The Kier molecular flexibility index (Phi) is 5.34. The maximum atomic E-state index is 13.1. The van der Waals surface area contributed by atoms with E-state index in [-0.39, 0.29) is 13.0 Å². The number of nitro groups is 1. The predicted molar refractivity (Wildman–Crippen MR) is 72.3 cm³/mol. The maximum absolute atomic E-state index is 13.1. The lowest BCUT2D eigenvalue weighted by Crippen LogP contribution is -2.37. The smallest absolute Gasteiger partial charge is 0.258 e. The van der Waals surface area contributed by atoms with Crippen LogP contribution in [0.2, 0.25) is 0 Å². The van der Waals surface area contributed by atoms with Gasteiger partial charge in [-0.15, -0.1) is 0 Å². The summed E-state index contributed by atoms with van der Waals surface area (Å²) in [4.78, 5) is 9.40. The topological polar surface area (TPSA) is 104 Å². The van der Waals surface area contributed by atoms with Gasteiger partial charge in [0.2, 0.25) is 10.0 Å². The van der Waals surface area contributed by atoms with Crippen LogP contribution in [0.25, 0.3) is 0 Å². The molecule has 0 bridgehead atoms. The molecule has 0 N–H and O–H groups in total. The largest absolute Gasteiger partial charge is 0.292 e. The zero-order chi connectivity index (χ0) is 16.2. The van der Waals surface area contributed by atoms with E-state index in [0.717, 1.165) is 16.4 Å². The first-order valence-electron chi connectivity index (χ1n) is 6.04. The Morgan fingerprint density at radius 2 is 2.10 bits per heavy atom. The average molecular weight is 315 g/mol. The van der Waals surface area contributed by atoms with Crippen LogP contribution in [-0.2, 0) is 10.0 Å². The van der Waals surface area contributed by atoms with E-state index in [0.29, 0.717) is 6.07 Å². The minimum absolute atomic E-state index is 0.0492. The molecule has 9 heteroatoms. The van der Waals surface area contributed by atoms with Gasteiger partial charge in [0.15, 0.2) is 4.90 Å². The molecule has 1 rings (SSSR count). The fraction of sp³-hybridized carbons (Fsp3) is 0.417. The molecular formula is C12H14FN3O4S. The number of rotatable bonds is 6. The molecule has 1 aromatic carbocycles. The van der Waals surface area contributed by atoms with Crippen LogP contribution in [-0.4, -0.2) is 30.2 Å². The van der Waals surface area contributed by atoms with Crippen LogP contribution in [0.1, 0.15) is 20.3 Å². The quantitative estimate of drug-likeness (QED) is 0.590. The van der Waals surface area contributed by atoms with E-state index in [2.05, 4.69) is 0 Å². The molecule has 0 fully saturated rings. The van der Waals surface area contributed by atoms with E-state index in [1.807, 2.05) is 6.07 Å². The van der Waals surface area contributed by atoms with E-state index >= 15 is 0 Å². The van der Waals surface area contributed by atoms with Gasteiger partial charge in [-0.2, -0.15) is 9.57 Å². The minimum Gasteiger partial charge on any atom is -0.258 e. The molecule has 0 aliphatic rings. The Balaban J connectivity index is 3.42. The van der Waals surface area contributed by atoms with Crippen LogP contribution < -0.4 is 0 Å². The number of hydrogen-bond donors (Lipinski definition) is 0. The summed E-state index contributed by atoms with van der Waals surface area (Å²) < 4.78 is 39.1. The molecule has 0 unspecified atom stereocenters. The van der Waals surface area contributed by atoms with Gasteiger partial charge in [0.25, 0.3) is 5.69 Å². The molecule has 0 atom stereocenters. The molecule has 0 aromatic heterocycles. The highest BCUT2D eigenvalue weighted by Crippen LogP contribution is 2.28. The normalized spacial score (nSPS) is 11.6. The number of nitro benzene ring substituents is 1. The molecule has 0 heterocycles. The number of sulfonamides is 1. The van der Waals surface area contributed by atoms with Crippen molar-refractivity contribution in [2.75, 3.05) is 6.54 Å². The van der Waals surface area contributed by atoms with Crippen molar-refractivity contribution in [2.45, 2.75) is 31.2 Å². The standard InChI is InChI=1S/C12H14FN3O4S/c1-9(2)15(7-3-6-14)21(19,20)12-5-4-10(13)8-11(12)16(17)18/h4-5,8-9H,3,7H2,1-2H3. The third kappa shape index (κ3) is 3.74. The third-order valence-electron chi connectivity index (χ3n) is 2.72. The summed E-state index contributed by atoms with van der Waals surface area (Å²) in [7, 11) is -4.19. The molecule has 7 nitrogen and oxygen atoms in total. The number of benzene rings is 1. The summed E-state index contributed by atoms with van der Waals surface area (Å²) in [6, 6.07) is 3.61. The van der Waals surface area contributed by atoms with Gasteiger partial charge >= 0.3 is 0 Å². The Labute approximate surface area is 121 Å². The Bertz CT molecular complexity index is 682. The zero-order valence-electron chi connectivity index (χ0n) is 11.5. The van der Waals surface area contributed by atoms with Gasteiger partial charge in [0.05, 0.1) is 17.1 Å². The first-order valence-corrected chi connectivity index (χ1v) is 7.48. The molecule has 0 saturated carbocycles. The van der Waals surface area contributed by atoms with Crippen molar-refractivity contribution in [3.05, 3.63) is 34.1 Å². The van der Waals surface area contributed by atoms with Crippen LogP contribution in [0.3, 0.4) is 0 Å². The molecule has 0 amide bonds. The van der Waals surface area contributed by atoms with E-state index in [1.54, 1.807) is 13.8 Å². The summed E-state index contributed by atoms with van der Waals surface area (Å²) in [6.07, 6.45) is -0.0492. The fourth-order valence-corrected chi connectivity index (χ4v) is 3.57. The molecular weight excluding hydrogens is 301 g/mol. The van der Waals surface area contributed by atoms with Crippen molar-refractivity contribution in [3.8, 4) is 6.07 Å². The van der Waals surface area contributed by atoms with Gasteiger partial charge in [0, 0.05) is 19.0 Å². The lowest BCUT2D eigenvalue weighted by Gasteiger charge is -2.24. The van der Waals surface area contributed by atoms with Crippen molar-refractivity contribution in [1.82, 2.24) is 4.31 Å². The second-order valence-electron chi connectivity index (χ2n) is 4.49. The van der Waals surface area contributed by atoms with Crippen LogP contribution in [0.5, 0.6) is 0 Å². The van der Waals surface area contributed by atoms with E-state index < -0.39 is 37.4 Å². The zero-order valence-corrected chi connectivity index (χ0v) is 12.3. The van der Waals surface area contributed by atoms with E-state index in [9.17, 15) is 22.9 Å². The van der Waals surface area contributed by atoms with Crippen molar-refractivity contribution >= 4 is 15.7 Å². The SMILES string of the molecule is CC(C)N(CCC#N)S(=O)(=O)c1ccc(F)cc1[N+](=O)[O-]. The highest BCUT2D eigenvalue weighted by Gasteiger charge is 2.33.